The van der Waals surface area contributed by atoms with Crippen LogP contribution < -0.4 is 10.1 Å². The summed E-state index contributed by atoms with van der Waals surface area (Å²) in [5, 5.41) is 6.50. The van der Waals surface area contributed by atoms with E-state index in [1.54, 1.807) is 0 Å². The topological polar surface area (TPSA) is 8.17 Å². The largest absolute Gasteiger partial charge is 0.311 e. The fourth-order valence-electron chi connectivity index (χ4n) is 8.40. The highest BCUT2D eigenvalue weighted by Gasteiger charge is 2.18. The van der Waals surface area contributed by atoms with Gasteiger partial charge < -0.3 is 9.47 Å². The number of hydrogen-bond donors (Lipinski definition) is 0. The zero-order valence-corrected chi connectivity index (χ0v) is 34.1. The zero-order chi connectivity index (χ0) is 39.2. The minimum atomic E-state index is -1.36. The molecule has 3 heteroatoms. The summed E-state index contributed by atoms with van der Waals surface area (Å²) in [5.74, 6) is 0. The number of aromatic nitrogens is 1. The summed E-state index contributed by atoms with van der Waals surface area (Å²) in [6.07, 6.45) is 0. The molecule has 2 nitrogen and oxygen atoms in total. The molecule has 0 aliphatic rings. The molecule has 10 rings (SSSR count). The van der Waals surface area contributed by atoms with Gasteiger partial charge in [-0.15, -0.1) is 0 Å². The van der Waals surface area contributed by atoms with E-state index in [0.29, 0.717) is 0 Å². The highest BCUT2D eigenvalue weighted by molar-refractivity contribution is 6.88. The summed E-state index contributed by atoms with van der Waals surface area (Å²) in [4.78, 5) is 2.36. The van der Waals surface area contributed by atoms with E-state index in [2.05, 4.69) is 241 Å². The van der Waals surface area contributed by atoms with Gasteiger partial charge in [-0.1, -0.05) is 164 Å². The molecule has 9 aromatic carbocycles. The molecule has 1 aromatic heterocycles. The molecule has 0 saturated heterocycles. The van der Waals surface area contributed by atoms with Gasteiger partial charge in [-0.3, -0.25) is 0 Å². The first kappa shape index (κ1) is 35.5. The van der Waals surface area contributed by atoms with E-state index in [-0.39, 0.29) is 0 Å². The first-order valence-electron chi connectivity index (χ1n) is 20.2. The second-order valence-electron chi connectivity index (χ2n) is 16.3. The van der Waals surface area contributed by atoms with Crippen LogP contribution in [0.3, 0.4) is 0 Å². The molecule has 0 unspecified atom stereocenters. The number of benzene rings is 9. The second-order valence-corrected chi connectivity index (χ2v) is 21.4. The van der Waals surface area contributed by atoms with Gasteiger partial charge in [0, 0.05) is 33.5 Å². The van der Waals surface area contributed by atoms with Crippen molar-refractivity contribution in [2.75, 3.05) is 4.90 Å². The number of hydrogen-bond acceptors (Lipinski definition) is 1. The van der Waals surface area contributed by atoms with Crippen molar-refractivity contribution in [2.45, 2.75) is 19.6 Å². The molecule has 0 spiro atoms. The van der Waals surface area contributed by atoms with Crippen molar-refractivity contribution in [3.8, 4) is 39.1 Å². The second kappa shape index (κ2) is 14.5. The summed E-state index contributed by atoms with van der Waals surface area (Å²) >= 11 is 0. The van der Waals surface area contributed by atoms with Gasteiger partial charge >= 0.3 is 0 Å². The average Bonchev–Trinajstić information content (AvgIpc) is 3.61. The van der Waals surface area contributed by atoms with Gasteiger partial charge in [0.1, 0.15) is 0 Å². The molecule has 0 aliphatic heterocycles. The van der Waals surface area contributed by atoms with Crippen LogP contribution in [0, 0.1) is 0 Å². The van der Waals surface area contributed by atoms with E-state index in [1.807, 2.05) is 0 Å². The van der Waals surface area contributed by atoms with Crippen LogP contribution in [0.5, 0.6) is 0 Å². The minimum absolute atomic E-state index is 1.11. The summed E-state index contributed by atoms with van der Waals surface area (Å²) < 4.78 is 2.37. The number of para-hydroxylation sites is 2. The molecule has 0 radical (unpaired) electrons. The lowest BCUT2D eigenvalue weighted by Crippen LogP contribution is -2.37. The smallest absolute Gasteiger partial charge is 0.0775 e. The van der Waals surface area contributed by atoms with Gasteiger partial charge in [-0.05, 0) is 117 Å². The first-order chi connectivity index (χ1) is 28.4. The Morgan fingerprint density at radius 3 is 1.40 bits per heavy atom. The van der Waals surface area contributed by atoms with Crippen LogP contribution >= 0.6 is 0 Å². The van der Waals surface area contributed by atoms with Gasteiger partial charge in [0.25, 0.3) is 0 Å². The highest BCUT2D eigenvalue weighted by Crippen LogP contribution is 2.39. The van der Waals surface area contributed by atoms with Crippen LogP contribution in [0.25, 0.3) is 71.6 Å². The van der Waals surface area contributed by atoms with Crippen molar-refractivity contribution in [1.29, 1.82) is 0 Å². The lowest BCUT2D eigenvalue weighted by Gasteiger charge is -2.26. The third-order valence-electron chi connectivity index (χ3n) is 11.6. The summed E-state index contributed by atoms with van der Waals surface area (Å²) in [6.45, 7) is 7.20. The van der Waals surface area contributed by atoms with Crippen molar-refractivity contribution in [1.82, 2.24) is 4.57 Å². The zero-order valence-electron chi connectivity index (χ0n) is 33.1. The average molecular weight is 761 g/mol. The fourth-order valence-corrected chi connectivity index (χ4v) is 9.56. The molecule has 0 saturated carbocycles. The Hall–Kier alpha value is -6.94. The molecule has 0 N–H and O–H groups in total. The van der Waals surface area contributed by atoms with Crippen LogP contribution in [-0.4, -0.2) is 12.6 Å². The van der Waals surface area contributed by atoms with Crippen LogP contribution in [0.2, 0.25) is 19.6 Å². The standard InChI is InChI=1S/C55H44N2Si/c1-58(2,3)51-34-25-41(26-35-51)40-19-28-48(29-20-40)56(49-30-21-42(22-31-49)45-18-17-39-11-7-8-12-44(39)37-45)50-32-23-43(24-33-50)46-27-36-55-53(38-46)52-15-9-10-16-54(52)57(55)47-13-5-4-6-14-47/h4-38H,1-3H3. The van der Waals surface area contributed by atoms with Crippen molar-refractivity contribution in [3.63, 3.8) is 0 Å². The molecule has 0 amide bonds. The predicted molar refractivity (Wildman–Crippen MR) is 252 cm³/mol. The molecule has 0 fully saturated rings. The maximum atomic E-state index is 2.40. The van der Waals surface area contributed by atoms with Gasteiger partial charge in [0.2, 0.25) is 0 Å². The Balaban J connectivity index is 1.02. The van der Waals surface area contributed by atoms with Gasteiger partial charge in [-0.2, -0.15) is 0 Å². The SMILES string of the molecule is C[Si](C)(C)c1ccc(-c2ccc(N(c3ccc(-c4ccc5ccccc5c4)cc3)c3ccc(-c4ccc5c(c4)c4ccccc4n5-c4ccccc4)cc3)cc2)cc1. The van der Waals surface area contributed by atoms with E-state index < -0.39 is 8.07 Å². The van der Waals surface area contributed by atoms with Crippen LogP contribution in [0.1, 0.15) is 0 Å². The molecule has 0 bridgehead atoms. The number of fused-ring (bicyclic) bond motifs is 4. The van der Waals surface area contributed by atoms with Gasteiger partial charge in [0.05, 0.1) is 19.1 Å². The Kier molecular flexibility index (Phi) is 8.89. The van der Waals surface area contributed by atoms with Crippen molar-refractivity contribution >= 4 is 62.9 Å². The maximum Gasteiger partial charge on any atom is 0.0775 e. The van der Waals surface area contributed by atoms with Crippen LogP contribution in [-0.2, 0) is 0 Å². The highest BCUT2D eigenvalue weighted by atomic mass is 28.3. The minimum Gasteiger partial charge on any atom is -0.311 e. The number of anilines is 3. The molecule has 278 valence electrons. The lowest BCUT2D eigenvalue weighted by atomic mass is 10.0. The van der Waals surface area contributed by atoms with Crippen molar-refractivity contribution < 1.29 is 0 Å². The third kappa shape index (κ3) is 6.60. The maximum absolute atomic E-state index is 2.40. The molecule has 10 aromatic rings. The molecule has 58 heavy (non-hydrogen) atoms. The van der Waals surface area contributed by atoms with Crippen molar-refractivity contribution in [3.05, 3.63) is 212 Å². The van der Waals surface area contributed by atoms with E-state index in [1.165, 1.54) is 76.8 Å². The van der Waals surface area contributed by atoms with E-state index in [4.69, 9.17) is 0 Å². The van der Waals surface area contributed by atoms with Crippen molar-refractivity contribution in [2.24, 2.45) is 0 Å². The third-order valence-corrected chi connectivity index (χ3v) is 13.6. The normalized spacial score (nSPS) is 11.7. The summed E-state index contributed by atoms with van der Waals surface area (Å²) in [7, 11) is -1.36. The quantitative estimate of drug-likeness (QED) is 0.140. The van der Waals surface area contributed by atoms with E-state index in [9.17, 15) is 0 Å². The lowest BCUT2D eigenvalue weighted by molar-refractivity contribution is 1.18. The molecule has 0 aliphatic carbocycles. The fraction of sp³-hybridized carbons (Fsp3) is 0.0545. The number of rotatable bonds is 8. The van der Waals surface area contributed by atoms with E-state index >= 15 is 0 Å². The molecule has 0 atom stereocenters. The molecular formula is C55H44N2Si. The molecule has 1 heterocycles. The Labute approximate surface area is 341 Å². The van der Waals surface area contributed by atoms with Gasteiger partial charge in [0.15, 0.2) is 0 Å². The molecular weight excluding hydrogens is 717 g/mol. The van der Waals surface area contributed by atoms with Gasteiger partial charge in [-0.25, -0.2) is 0 Å². The Morgan fingerprint density at radius 1 is 0.345 bits per heavy atom. The Morgan fingerprint density at radius 2 is 0.793 bits per heavy atom. The predicted octanol–water partition coefficient (Wildman–Crippen LogP) is 15.0. The number of nitrogens with zero attached hydrogens (tertiary/aromatic N) is 2. The first-order valence-corrected chi connectivity index (χ1v) is 23.7. The monoisotopic (exact) mass is 760 g/mol. The summed E-state index contributed by atoms with van der Waals surface area (Å²) in [5.41, 5.74) is 14.2. The van der Waals surface area contributed by atoms with Crippen LogP contribution in [0.4, 0.5) is 17.1 Å². The van der Waals surface area contributed by atoms with E-state index in [0.717, 1.165) is 17.1 Å². The summed E-state index contributed by atoms with van der Waals surface area (Å²) in [6, 6.07) is 77.8. The Bertz CT molecular complexity index is 3050. The van der Waals surface area contributed by atoms with Crippen LogP contribution in [0.15, 0.2) is 212 Å².